The van der Waals surface area contributed by atoms with Crippen molar-refractivity contribution in [3.05, 3.63) is 76.0 Å². The molecule has 5 rings (SSSR count). The van der Waals surface area contributed by atoms with Crippen LogP contribution in [-0.2, 0) is 0 Å². The molecule has 142 valence electrons. The normalized spacial score (nSPS) is 20.2. The van der Waals surface area contributed by atoms with Crippen LogP contribution in [0.4, 0.5) is 0 Å². The molecule has 2 aliphatic rings. The highest BCUT2D eigenvalue weighted by Gasteiger charge is 2.42. The number of phenolic OH excluding ortho intramolecular Hbond substituents is 1. The lowest BCUT2D eigenvalue weighted by Gasteiger charge is -2.38. The van der Waals surface area contributed by atoms with E-state index in [1.807, 2.05) is 47.6 Å². The summed E-state index contributed by atoms with van der Waals surface area (Å²) in [6, 6.07) is 17.5. The Kier molecular flexibility index (Phi) is 4.20. The number of hydrogen-bond acceptors (Lipinski definition) is 6. The van der Waals surface area contributed by atoms with E-state index in [2.05, 4.69) is 12.1 Å². The maximum absolute atomic E-state index is 9.88. The van der Waals surface area contributed by atoms with Crippen molar-refractivity contribution >= 4 is 17.0 Å². The number of benzene rings is 2. The summed E-state index contributed by atoms with van der Waals surface area (Å²) in [5, 5.41) is 18.9. The molecule has 28 heavy (non-hydrogen) atoms. The van der Waals surface area contributed by atoms with Gasteiger partial charge in [-0.25, -0.2) is 5.01 Å². The van der Waals surface area contributed by atoms with Gasteiger partial charge in [0.15, 0.2) is 11.5 Å². The Morgan fingerprint density at radius 3 is 2.89 bits per heavy atom. The summed E-state index contributed by atoms with van der Waals surface area (Å²) < 4.78 is 12.3. The Morgan fingerprint density at radius 2 is 2.11 bits per heavy atom. The van der Waals surface area contributed by atoms with Gasteiger partial charge in [0, 0.05) is 17.5 Å². The molecular formula is C22H20N2O3S. The fraction of sp³-hybridized carbons (Fsp3) is 0.227. The molecule has 3 aromatic rings. The van der Waals surface area contributed by atoms with Crippen molar-refractivity contribution in [2.24, 2.45) is 5.10 Å². The molecule has 5 nitrogen and oxygen atoms in total. The van der Waals surface area contributed by atoms with Crippen molar-refractivity contribution in [1.82, 2.24) is 5.01 Å². The van der Waals surface area contributed by atoms with Gasteiger partial charge in [-0.1, -0.05) is 30.3 Å². The smallest absolute Gasteiger partial charge is 0.223 e. The fourth-order valence-corrected chi connectivity index (χ4v) is 4.58. The van der Waals surface area contributed by atoms with E-state index in [-0.39, 0.29) is 18.0 Å². The van der Waals surface area contributed by atoms with Crippen LogP contribution in [-0.4, -0.2) is 22.4 Å². The summed E-state index contributed by atoms with van der Waals surface area (Å²) in [4.78, 5) is 1.10. The van der Waals surface area contributed by atoms with Crippen LogP contribution in [0.15, 0.2) is 65.1 Å². The first-order valence-electron chi connectivity index (χ1n) is 9.35. The molecule has 1 aromatic heterocycles. The molecule has 0 saturated carbocycles. The van der Waals surface area contributed by atoms with Crippen LogP contribution in [0.5, 0.6) is 17.2 Å². The molecule has 0 spiro atoms. The maximum Gasteiger partial charge on any atom is 0.223 e. The molecule has 2 aromatic carbocycles. The van der Waals surface area contributed by atoms with Gasteiger partial charge in [-0.15, -0.1) is 11.3 Å². The van der Waals surface area contributed by atoms with Gasteiger partial charge in [-0.3, -0.25) is 0 Å². The third-order valence-electron chi connectivity index (χ3n) is 5.05. The lowest BCUT2D eigenvalue weighted by atomic mass is 9.96. The Bertz CT molecular complexity index is 1030. The van der Waals surface area contributed by atoms with Crippen LogP contribution in [0.3, 0.4) is 0 Å². The van der Waals surface area contributed by atoms with E-state index in [4.69, 9.17) is 14.6 Å². The van der Waals surface area contributed by atoms with E-state index in [0.29, 0.717) is 6.61 Å². The number of aromatic hydroxyl groups is 1. The fourth-order valence-electron chi connectivity index (χ4n) is 3.83. The number of thiophene rings is 1. The lowest BCUT2D eigenvalue weighted by molar-refractivity contribution is -0.0188. The van der Waals surface area contributed by atoms with Gasteiger partial charge in [0.2, 0.25) is 6.23 Å². The first kappa shape index (κ1) is 17.1. The largest absolute Gasteiger partial charge is 0.508 e. The van der Waals surface area contributed by atoms with Crippen LogP contribution in [0, 0.1) is 0 Å². The van der Waals surface area contributed by atoms with Gasteiger partial charge in [0.25, 0.3) is 0 Å². The van der Waals surface area contributed by atoms with Crippen LogP contribution >= 0.6 is 11.3 Å². The molecule has 2 atom stereocenters. The summed E-state index contributed by atoms with van der Waals surface area (Å²) >= 11 is 1.66. The topological polar surface area (TPSA) is 54.3 Å². The van der Waals surface area contributed by atoms with Crippen molar-refractivity contribution in [3.8, 4) is 17.2 Å². The van der Waals surface area contributed by atoms with Crippen molar-refractivity contribution in [3.63, 3.8) is 0 Å². The van der Waals surface area contributed by atoms with Crippen LogP contribution in [0.25, 0.3) is 0 Å². The van der Waals surface area contributed by atoms with E-state index in [0.717, 1.165) is 39.6 Å². The Labute approximate surface area is 167 Å². The molecule has 0 fully saturated rings. The zero-order valence-corrected chi connectivity index (χ0v) is 16.2. The molecule has 1 N–H and O–H groups in total. The van der Waals surface area contributed by atoms with Crippen molar-refractivity contribution in [1.29, 1.82) is 0 Å². The summed E-state index contributed by atoms with van der Waals surface area (Å²) in [6.45, 7) is 2.56. The Balaban J connectivity index is 1.61. The van der Waals surface area contributed by atoms with E-state index in [1.54, 1.807) is 23.5 Å². The van der Waals surface area contributed by atoms with Gasteiger partial charge in [-0.05, 0) is 36.6 Å². The van der Waals surface area contributed by atoms with E-state index in [1.165, 1.54) is 0 Å². The lowest BCUT2D eigenvalue weighted by Crippen LogP contribution is -2.33. The standard InChI is InChI=1S/C22H20N2O3S/c1-2-26-19-9-4-8-16-18-13-17(14-6-3-7-15(25)12-14)23-24(18)22(27-21(16)19)20-10-5-11-28-20/h3-12,18,22,25H,2,13H2,1H3/t18-,22-/m0/s1. The van der Waals surface area contributed by atoms with Crippen molar-refractivity contribution < 1.29 is 14.6 Å². The number of rotatable bonds is 4. The molecule has 0 aliphatic carbocycles. The summed E-state index contributed by atoms with van der Waals surface area (Å²) in [7, 11) is 0. The van der Waals surface area contributed by atoms with Gasteiger partial charge < -0.3 is 14.6 Å². The Morgan fingerprint density at radius 1 is 1.21 bits per heavy atom. The second-order valence-electron chi connectivity index (χ2n) is 6.79. The average molecular weight is 392 g/mol. The van der Waals surface area contributed by atoms with Crippen LogP contribution in [0.2, 0.25) is 0 Å². The molecular weight excluding hydrogens is 372 g/mol. The zero-order valence-electron chi connectivity index (χ0n) is 15.4. The molecule has 0 radical (unpaired) electrons. The predicted molar refractivity (Wildman–Crippen MR) is 109 cm³/mol. The second kappa shape index (κ2) is 6.87. The van der Waals surface area contributed by atoms with Gasteiger partial charge in [0.1, 0.15) is 5.75 Å². The van der Waals surface area contributed by atoms with Crippen molar-refractivity contribution in [2.75, 3.05) is 6.61 Å². The van der Waals surface area contributed by atoms with Gasteiger partial charge in [0.05, 0.1) is 23.2 Å². The van der Waals surface area contributed by atoms with Gasteiger partial charge in [-0.2, -0.15) is 5.10 Å². The van der Waals surface area contributed by atoms with Crippen LogP contribution < -0.4 is 9.47 Å². The number of para-hydroxylation sites is 1. The summed E-state index contributed by atoms with van der Waals surface area (Å²) in [6.07, 6.45) is 0.450. The second-order valence-corrected chi connectivity index (χ2v) is 7.77. The first-order valence-corrected chi connectivity index (χ1v) is 10.2. The van der Waals surface area contributed by atoms with E-state index < -0.39 is 0 Å². The Hall–Kier alpha value is -2.99. The molecule has 6 heteroatoms. The van der Waals surface area contributed by atoms with E-state index in [9.17, 15) is 5.11 Å². The number of fused-ring (bicyclic) bond motifs is 3. The first-order chi connectivity index (χ1) is 13.7. The highest BCUT2D eigenvalue weighted by atomic mass is 32.1. The predicted octanol–water partition coefficient (Wildman–Crippen LogP) is 5.09. The van der Waals surface area contributed by atoms with E-state index >= 15 is 0 Å². The molecule has 3 heterocycles. The number of hydrazone groups is 1. The highest BCUT2D eigenvalue weighted by Crippen LogP contribution is 2.51. The SMILES string of the molecule is CCOc1cccc2c1O[C@@H](c1cccs1)N1N=C(c3cccc(O)c3)C[C@@H]21. The minimum Gasteiger partial charge on any atom is -0.508 e. The van der Waals surface area contributed by atoms with Gasteiger partial charge >= 0.3 is 0 Å². The monoisotopic (exact) mass is 392 g/mol. The quantitative estimate of drug-likeness (QED) is 0.672. The third kappa shape index (κ3) is 2.81. The minimum atomic E-state index is -0.297. The average Bonchev–Trinajstić information content (AvgIpc) is 3.38. The summed E-state index contributed by atoms with van der Waals surface area (Å²) in [5.74, 6) is 1.82. The summed E-state index contributed by atoms with van der Waals surface area (Å²) in [5.41, 5.74) is 2.96. The number of nitrogens with zero attached hydrogens (tertiary/aromatic N) is 2. The highest BCUT2D eigenvalue weighted by molar-refractivity contribution is 7.10. The minimum absolute atomic E-state index is 0.0635. The molecule has 0 bridgehead atoms. The molecule has 2 aliphatic heterocycles. The molecule has 0 unspecified atom stereocenters. The van der Waals surface area contributed by atoms with Crippen LogP contribution in [0.1, 0.15) is 41.6 Å². The molecule has 0 saturated heterocycles. The maximum atomic E-state index is 9.88. The number of hydrogen-bond donors (Lipinski definition) is 1. The van der Waals surface area contributed by atoms with Crippen molar-refractivity contribution in [2.45, 2.75) is 25.6 Å². The molecule has 0 amide bonds. The zero-order chi connectivity index (χ0) is 19.1. The number of ether oxygens (including phenoxy) is 2. The number of phenols is 1. The third-order valence-corrected chi connectivity index (χ3v) is 5.95.